The maximum Gasteiger partial charge on any atom is 0.00331 e. The molecule has 1 spiro atoms. The van der Waals surface area contributed by atoms with Gasteiger partial charge in [0.2, 0.25) is 0 Å². The van der Waals surface area contributed by atoms with E-state index < -0.39 is 0 Å². The Morgan fingerprint density at radius 1 is 1.17 bits per heavy atom. The summed E-state index contributed by atoms with van der Waals surface area (Å²) in [5.74, 6) is 0. The minimum absolute atomic E-state index is 0.724. The van der Waals surface area contributed by atoms with Crippen LogP contribution in [0, 0.1) is 11.8 Å². The van der Waals surface area contributed by atoms with E-state index in [4.69, 9.17) is 0 Å². The summed E-state index contributed by atoms with van der Waals surface area (Å²) in [4.78, 5) is 2.52. The molecule has 1 nitrogen and oxygen atoms in total. The van der Waals surface area contributed by atoms with Crippen molar-refractivity contribution < 1.29 is 0 Å². The van der Waals surface area contributed by atoms with Crippen molar-refractivity contribution in [1.29, 1.82) is 0 Å². The summed E-state index contributed by atoms with van der Waals surface area (Å²) in [6, 6.07) is 0. The molecule has 0 bridgehead atoms. The SMILES string of the molecule is CN1CCCC2(CC[CH-]CC2)C1. The van der Waals surface area contributed by atoms with Crippen molar-refractivity contribution >= 4 is 0 Å². The van der Waals surface area contributed by atoms with Gasteiger partial charge in [-0.3, -0.25) is 0 Å². The number of hydrogen-bond donors (Lipinski definition) is 0. The predicted octanol–water partition coefficient (Wildman–Crippen LogP) is 2.48. The molecule has 0 aromatic rings. The third-order valence-corrected chi connectivity index (χ3v) is 3.61. The first-order valence-corrected chi connectivity index (χ1v) is 5.31. The summed E-state index contributed by atoms with van der Waals surface area (Å²) < 4.78 is 0. The fourth-order valence-electron chi connectivity index (χ4n) is 2.95. The van der Waals surface area contributed by atoms with Crippen LogP contribution in [0.15, 0.2) is 0 Å². The molecule has 2 aliphatic rings. The highest BCUT2D eigenvalue weighted by molar-refractivity contribution is 4.92. The molecule has 0 N–H and O–H groups in total. The first-order chi connectivity index (χ1) is 5.81. The van der Waals surface area contributed by atoms with Gasteiger partial charge in [0.15, 0.2) is 0 Å². The van der Waals surface area contributed by atoms with Crippen molar-refractivity contribution in [3.63, 3.8) is 0 Å². The van der Waals surface area contributed by atoms with Crippen LogP contribution in [0.2, 0.25) is 0 Å². The minimum Gasteiger partial charge on any atom is -0.328 e. The number of piperidine rings is 1. The standard InChI is InChI=1S/C11H20N/c1-12-9-5-8-11(10-12)6-3-2-4-7-11/h2H,3-10H2,1H3/q-1. The molecule has 1 heteroatoms. The van der Waals surface area contributed by atoms with Crippen molar-refractivity contribution in [1.82, 2.24) is 4.90 Å². The van der Waals surface area contributed by atoms with Crippen molar-refractivity contribution in [2.75, 3.05) is 20.1 Å². The lowest BCUT2D eigenvalue weighted by molar-refractivity contribution is 0.0791. The Balaban J connectivity index is 1.97. The Hall–Kier alpha value is -0.0400. The lowest BCUT2D eigenvalue weighted by Crippen LogP contribution is -2.42. The third kappa shape index (κ3) is 1.66. The topological polar surface area (TPSA) is 3.24 Å². The number of nitrogens with zero attached hydrogens (tertiary/aromatic N) is 1. The molecule has 0 amide bonds. The van der Waals surface area contributed by atoms with E-state index in [2.05, 4.69) is 18.4 Å². The highest BCUT2D eigenvalue weighted by atomic mass is 15.1. The highest BCUT2D eigenvalue weighted by Gasteiger charge is 2.32. The molecule has 1 heterocycles. The minimum atomic E-state index is 0.724. The fraction of sp³-hybridized carbons (Fsp3) is 0.909. The van der Waals surface area contributed by atoms with E-state index in [1.807, 2.05) is 0 Å². The van der Waals surface area contributed by atoms with E-state index in [1.165, 1.54) is 51.6 Å². The molecule has 70 valence electrons. The Kier molecular flexibility index (Phi) is 2.40. The second kappa shape index (κ2) is 3.37. The zero-order chi connectivity index (χ0) is 8.44. The molecule has 0 aromatic heterocycles. The molecular weight excluding hydrogens is 146 g/mol. The quantitative estimate of drug-likeness (QED) is 0.500. The highest BCUT2D eigenvalue weighted by Crippen LogP contribution is 2.42. The second-order valence-corrected chi connectivity index (χ2v) is 4.71. The zero-order valence-corrected chi connectivity index (χ0v) is 8.18. The molecule has 12 heavy (non-hydrogen) atoms. The van der Waals surface area contributed by atoms with Gasteiger partial charge >= 0.3 is 0 Å². The summed E-state index contributed by atoms with van der Waals surface area (Å²) in [6.07, 6.45) is 11.0. The molecule has 2 rings (SSSR count). The molecule has 1 aliphatic carbocycles. The zero-order valence-electron chi connectivity index (χ0n) is 8.18. The van der Waals surface area contributed by atoms with Crippen LogP contribution in [0.5, 0.6) is 0 Å². The van der Waals surface area contributed by atoms with Crippen LogP contribution in [-0.4, -0.2) is 25.0 Å². The van der Waals surface area contributed by atoms with Crippen molar-refractivity contribution in [3.05, 3.63) is 6.42 Å². The fourth-order valence-corrected chi connectivity index (χ4v) is 2.95. The second-order valence-electron chi connectivity index (χ2n) is 4.71. The van der Waals surface area contributed by atoms with Crippen LogP contribution >= 0.6 is 0 Å². The first kappa shape index (κ1) is 8.55. The summed E-state index contributed by atoms with van der Waals surface area (Å²) in [5, 5.41) is 0. The molecule has 1 saturated heterocycles. The van der Waals surface area contributed by atoms with Crippen LogP contribution in [0.25, 0.3) is 0 Å². The van der Waals surface area contributed by atoms with E-state index in [0.717, 1.165) is 5.41 Å². The summed E-state index contributed by atoms with van der Waals surface area (Å²) in [5.41, 5.74) is 0.724. The van der Waals surface area contributed by atoms with Gasteiger partial charge in [-0.15, -0.1) is 0 Å². The van der Waals surface area contributed by atoms with Crippen LogP contribution in [0.4, 0.5) is 0 Å². The molecule has 0 atom stereocenters. The Morgan fingerprint density at radius 2 is 1.92 bits per heavy atom. The molecule has 0 aromatic carbocycles. The third-order valence-electron chi connectivity index (χ3n) is 3.61. The monoisotopic (exact) mass is 166 g/mol. The predicted molar refractivity (Wildman–Crippen MR) is 51.9 cm³/mol. The largest absolute Gasteiger partial charge is 0.328 e. The van der Waals surface area contributed by atoms with E-state index in [-0.39, 0.29) is 0 Å². The maximum absolute atomic E-state index is 2.52. The normalized spacial score (nSPS) is 30.8. The number of rotatable bonds is 0. The lowest BCUT2D eigenvalue weighted by atomic mass is 9.69. The Bertz CT molecular complexity index is 142. The van der Waals surface area contributed by atoms with Gasteiger partial charge in [0.1, 0.15) is 0 Å². The van der Waals surface area contributed by atoms with Crippen LogP contribution in [0.1, 0.15) is 38.5 Å². The molecule has 0 radical (unpaired) electrons. The van der Waals surface area contributed by atoms with E-state index in [9.17, 15) is 0 Å². The molecule has 1 aliphatic heterocycles. The summed E-state index contributed by atoms with van der Waals surface area (Å²) in [7, 11) is 2.28. The average Bonchev–Trinajstić information content (AvgIpc) is 2.05. The van der Waals surface area contributed by atoms with Gasteiger partial charge in [-0.2, -0.15) is 12.8 Å². The molecule has 2 fully saturated rings. The average molecular weight is 166 g/mol. The van der Waals surface area contributed by atoms with Crippen molar-refractivity contribution in [2.45, 2.75) is 38.5 Å². The molecule has 1 saturated carbocycles. The molecular formula is C11H20N-. The van der Waals surface area contributed by atoms with Crippen LogP contribution in [-0.2, 0) is 0 Å². The van der Waals surface area contributed by atoms with Gasteiger partial charge in [0.05, 0.1) is 0 Å². The van der Waals surface area contributed by atoms with E-state index in [1.54, 1.807) is 0 Å². The van der Waals surface area contributed by atoms with Crippen LogP contribution < -0.4 is 0 Å². The first-order valence-electron chi connectivity index (χ1n) is 5.31. The Labute approximate surface area is 76.1 Å². The van der Waals surface area contributed by atoms with Gasteiger partial charge in [-0.25, -0.2) is 0 Å². The van der Waals surface area contributed by atoms with Gasteiger partial charge in [0.25, 0.3) is 0 Å². The van der Waals surface area contributed by atoms with E-state index in [0.29, 0.717) is 0 Å². The van der Waals surface area contributed by atoms with Gasteiger partial charge < -0.3 is 11.3 Å². The maximum atomic E-state index is 2.52. The lowest BCUT2D eigenvalue weighted by Gasteiger charge is -2.46. The van der Waals surface area contributed by atoms with Gasteiger partial charge in [-0.1, -0.05) is 12.8 Å². The summed E-state index contributed by atoms with van der Waals surface area (Å²) >= 11 is 0. The van der Waals surface area contributed by atoms with Gasteiger partial charge in [-0.05, 0) is 31.8 Å². The summed E-state index contributed by atoms with van der Waals surface area (Å²) in [6.45, 7) is 2.69. The van der Waals surface area contributed by atoms with Gasteiger partial charge in [0, 0.05) is 6.54 Å². The number of hydrogen-bond acceptors (Lipinski definition) is 1. The van der Waals surface area contributed by atoms with E-state index >= 15 is 0 Å². The van der Waals surface area contributed by atoms with Crippen molar-refractivity contribution in [3.8, 4) is 0 Å². The molecule has 0 unspecified atom stereocenters. The Morgan fingerprint density at radius 3 is 2.58 bits per heavy atom. The number of likely N-dealkylation sites (tertiary alicyclic amines) is 1. The van der Waals surface area contributed by atoms with Crippen molar-refractivity contribution in [2.24, 2.45) is 5.41 Å². The smallest absolute Gasteiger partial charge is 0.00331 e. The van der Waals surface area contributed by atoms with Crippen LogP contribution in [0.3, 0.4) is 0 Å².